The summed E-state index contributed by atoms with van der Waals surface area (Å²) in [5, 5.41) is 13.4. The van der Waals surface area contributed by atoms with Crippen LogP contribution in [0.3, 0.4) is 0 Å². The van der Waals surface area contributed by atoms with Crippen LogP contribution in [0.15, 0.2) is 0 Å². The van der Waals surface area contributed by atoms with Gasteiger partial charge in [-0.05, 0) is 45.6 Å². The molecule has 4 heteroatoms. The highest BCUT2D eigenvalue weighted by Gasteiger charge is 2.40. The third-order valence-electron chi connectivity index (χ3n) is 4.87. The minimum Gasteiger partial charge on any atom is -0.394 e. The smallest absolute Gasteiger partial charge is 0.0702 e. The van der Waals surface area contributed by atoms with Crippen LogP contribution >= 0.6 is 0 Å². The van der Waals surface area contributed by atoms with Gasteiger partial charge in [-0.25, -0.2) is 0 Å². The molecule has 1 aliphatic carbocycles. The molecule has 2 rings (SSSR count). The van der Waals surface area contributed by atoms with Gasteiger partial charge in [0, 0.05) is 30.8 Å². The molecule has 0 radical (unpaired) electrons. The zero-order chi connectivity index (χ0) is 14.6. The Hall–Kier alpha value is -0.160. The predicted molar refractivity (Wildman–Crippen MR) is 81.9 cm³/mol. The van der Waals surface area contributed by atoms with Gasteiger partial charge in [0.05, 0.1) is 12.7 Å². The number of likely N-dealkylation sites (N-methyl/N-ethyl adjacent to an activating group) is 1. The van der Waals surface area contributed by atoms with Crippen LogP contribution in [0, 0.1) is 0 Å². The van der Waals surface area contributed by atoms with E-state index in [-0.39, 0.29) is 12.1 Å². The lowest BCUT2D eigenvalue weighted by Gasteiger charge is -2.34. The molecular formula is C16H32N2O2. The second kappa shape index (κ2) is 7.21. The standard InChI is InChI=1S/C16H32N2O2/c1-13(2)17-16(12-19)8-7-14(10-16)18(3)11-15-6-4-5-9-20-15/h13-15,17,19H,4-12H2,1-3H3. The van der Waals surface area contributed by atoms with Gasteiger partial charge in [-0.1, -0.05) is 13.8 Å². The van der Waals surface area contributed by atoms with Gasteiger partial charge in [0.15, 0.2) is 0 Å². The van der Waals surface area contributed by atoms with E-state index in [0.29, 0.717) is 18.2 Å². The Morgan fingerprint density at radius 1 is 1.35 bits per heavy atom. The number of ether oxygens (including phenoxy) is 1. The van der Waals surface area contributed by atoms with Crippen LogP contribution in [0.5, 0.6) is 0 Å². The molecule has 1 saturated carbocycles. The first kappa shape index (κ1) is 16.2. The van der Waals surface area contributed by atoms with E-state index in [1.807, 2.05) is 0 Å². The monoisotopic (exact) mass is 284 g/mol. The molecule has 3 atom stereocenters. The van der Waals surface area contributed by atoms with Gasteiger partial charge in [0.1, 0.15) is 0 Å². The summed E-state index contributed by atoms with van der Waals surface area (Å²) in [4.78, 5) is 2.45. The second-order valence-electron chi connectivity index (χ2n) is 7.06. The fourth-order valence-corrected chi connectivity index (χ4v) is 3.83. The molecule has 3 unspecified atom stereocenters. The normalized spacial score (nSPS) is 35.1. The number of nitrogens with zero attached hydrogens (tertiary/aromatic N) is 1. The second-order valence-corrected chi connectivity index (χ2v) is 7.06. The molecule has 2 fully saturated rings. The van der Waals surface area contributed by atoms with Crippen LogP contribution < -0.4 is 5.32 Å². The Balaban J connectivity index is 1.83. The molecule has 2 aliphatic rings. The van der Waals surface area contributed by atoms with Crippen LogP contribution in [-0.2, 0) is 4.74 Å². The molecule has 2 N–H and O–H groups in total. The van der Waals surface area contributed by atoms with Gasteiger partial charge in [0.2, 0.25) is 0 Å². The Bertz CT molecular complexity index is 292. The molecule has 0 spiro atoms. The van der Waals surface area contributed by atoms with Crippen molar-refractivity contribution in [3.05, 3.63) is 0 Å². The lowest BCUT2D eigenvalue weighted by molar-refractivity contribution is -0.00859. The maximum absolute atomic E-state index is 9.78. The summed E-state index contributed by atoms with van der Waals surface area (Å²) in [6, 6.07) is 0.992. The summed E-state index contributed by atoms with van der Waals surface area (Å²) >= 11 is 0. The molecule has 0 aromatic rings. The van der Waals surface area contributed by atoms with E-state index >= 15 is 0 Å². The topological polar surface area (TPSA) is 44.7 Å². The molecule has 0 aromatic heterocycles. The molecule has 0 aromatic carbocycles. The number of rotatable bonds is 6. The average molecular weight is 284 g/mol. The lowest BCUT2D eigenvalue weighted by Crippen LogP contribution is -2.51. The number of hydrogen-bond acceptors (Lipinski definition) is 4. The van der Waals surface area contributed by atoms with E-state index in [0.717, 1.165) is 26.0 Å². The maximum Gasteiger partial charge on any atom is 0.0702 e. The highest BCUT2D eigenvalue weighted by Crippen LogP contribution is 2.33. The molecule has 20 heavy (non-hydrogen) atoms. The molecular weight excluding hydrogens is 252 g/mol. The summed E-state index contributed by atoms with van der Waals surface area (Å²) in [7, 11) is 2.21. The first-order valence-electron chi connectivity index (χ1n) is 8.25. The molecule has 1 saturated heterocycles. The van der Waals surface area contributed by atoms with E-state index in [1.54, 1.807) is 0 Å². The van der Waals surface area contributed by atoms with Gasteiger partial charge in [-0.2, -0.15) is 0 Å². The Morgan fingerprint density at radius 3 is 2.75 bits per heavy atom. The first-order valence-corrected chi connectivity index (χ1v) is 8.25. The summed E-state index contributed by atoms with van der Waals surface area (Å²) in [5.74, 6) is 0. The van der Waals surface area contributed by atoms with Gasteiger partial charge in [0.25, 0.3) is 0 Å². The summed E-state index contributed by atoms with van der Waals surface area (Å²) in [6.07, 6.45) is 7.42. The van der Waals surface area contributed by atoms with Crippen molar-refractivity contribution in [2.24, 2.45) is 0 Å². The van der Waals surface area contributed by atoms with Crippen molar-refractivity contribution < 1.29 is 9.84 Å². The third kappa shape index (κ3) is 4.17. The Kier molecular flexibility index (Phi) is 5.84. The largest absolute Gasteiger partial charge is 0.394 e. The number of hydrogen-bond donors (Lipinski definition) is 2. The summed E-state index contributed by atoms with van der Waals surface area (Å²) in [5.41, 5.74) is -0.0689. The number of aliphatic hydroxyl groups is 1. The molecule has 1 aliphatic heterocycles. The van der Waals surface area contributed by atoms with Crippen molar-refractivity contribution >= 4 is 0 Å². The van der Waals surface area contributed by atoms with Crippen LogP contribution in [0.25, 0.3) is 0 Å². The Morgan fingerprint density at radius 2 is 2.15 bits per heavy atom. The van der Waals surface area contributed by atoms with Crippen LogP contribution in [0.2, 0.25) is 0 Å². The van der Waals surface area contributed by atoms with Gasteiger partial charge < -0.3 is 20.1 Å². The average Bonchev–Trinajstić information content (AvgIpc) is 2.84. The maximum atomic E-state index is 9.78. The molecule has 1 heterocycles. The van der Waals surface area contributed by atoms with Crippen molar-refractivity contribution in [2.45, 2.75) is 76.1 Å². The zero-order valence-electron chi connectivity index (χ0n) is 13.4. The fourth-order valence-electron chi connectivity index (χ4n) is 3.83. The van der Waals surface area contributed by atoms with Crippen molar-refractivity contribution in [1.29, 1.82) is 0 Å². The predicted octanol–water partition coefficient (Wildman–Crippen LogP) is 1.77. The van der Waals surface area contributed by atoms with Crippen molar-refractivity contribution in [2.75, 3.05) is 26.8 Å². The minimum absolute atomic E-state index is 0.0689. The quantitative estimate of drug-likeness (QED) is 0.780. The summed E-state index contributed by atoms with van der Waals surface area (Å²) in [6.45, 7) is 6.52. The van der Waals surface area contributed by atoms with Crippen LogP contribution in [0.1, 0.15) is 52.4 Å². The van der Waals surface area contributed by atoms with Gasteiger partial charge in [-0.3, -0.25) is 0 Å². The van der Waals surface area contributed by atoms with Gasteiger partial charge >= 0.3 is 0 Å². The van der Waals surface area contributed by atoms with E-state index in [1.165, 1.54) is 25.7 Å². The SMILES string of the molecule is CC(C)NC1(CO)CCC(N(C)CC2CCCCO2)C1. The lowest BCUT2D eigenvalue weighted by atomic mass is 9.97. The molecule has 118 valence electrons. The van der Waals surface area contributed by atoms with E-state index in [4.69, 9.17) is 4.74 Å². The summed E-state index contributed by atoms with van der Waals surface area (Å²) < 4.78 is 5.84. The molecule has 0 amide bonds. The zero-order valence-corrected chi connectivity index (χ0v) is 13.4. The van der Waals surface area contributed by atoms with Crippen LogP contribution in [-0.4, -0.2) is 60.5 Å². The number of nitrogens with one attached hydrogen (secondary N) is 1. The van der Waals surface area contributed by atoms with E-state index in [2.05, 4.69) is 31.1 Å². The third-order valence-corrected chi connectivity index (χ3v) is 4.87. The highest BCUT2D eigenvalue weighted by atomic mass is 16.5. The van der Waals surface area contributed by atoms with Gasteiger partial charge in [-0.15, -0.1) is 0 Å². The Labute approximate surface area is 123 Å². The number of aliphatic hydroxyl groups excluding tert-OH is 1. The molecule has 0 bridgehead atoms. The highest BCUT2D eigenvalue weighted by molar-refractivity contribution is 5.00. The van der Waals surface area contributed by atoms with E-state index in [9.17, 15) is 5.11 Å². The first-order chi connectivity index (χ1) is 9.54. The van der Waals surface area contributed by atoms with Crippen molar-refractivity contribution in [3.63, 3.8) is 0 Å². The van der Waals surface area contributed by atoms with Crippen LogP contribution in [0.4, 0.5) is 0 Å². The molecule has 4 nitrogen and oxygen atoms in total. The van der Waals surface area contributed by atoms with Crippen molar-refractivity contribution in [1.82, 2.24) is 10.2 Å². The minimum atomic E-state index is -0.0689. The van der Waals surface area contributed by atoms with E-state index < -0.39 is 0 Å². The fraction of sp³-hybridized carbons (Fsp3) is 1.00. The van der Waals surface area contributed by atoms with Crippen molar-refractivity contribution in [3.8, 4) is 0 Å².